The summed E-state index contributed by atoms with van der Waals surface area (Å²) in [5, 5.41) is 16.7. The summed E-state index contributed by atoms with van der Waals surface area (Å²) < 4.78 is 0. The van der Waals surface area contributed by atoms with Gasteiger partial charge in [0.2, 0.25) is 17.7 Å². The number of aliphatic carboxylic acids is 1. The summed E-state index contributed by atoms with van der Waals surface area (Å²) in [4.78, 5) is 48.6. The highest BCUT2D eigenvalue weighted by atomic mass is 32.1. The first-order valence-corrected chi connectivity index (χ1v) is 9.97. The number of carboxylic acids is 1. The van der Waals surface area contributed by atoms with Crippen molar-refractivity contribution in [3.63, 3.8) is 0 Å². The van der Waals surface area contributed by atoms with Crippen molar-refractivity contribution < 1.29 is 24.3 Å². The Balaban J connectivity index is 5.29. The van der Waals surface area contributed by atoms with Crippen LogP contribution in [0.15, 0.2) is 0 Å². The second-order valence-electron chi connectivity index (χ2n) is 7.81. The van der Waals surface area contributed by atoms with Crippen LogP contribution in [0.5, 0.6) is 0 Å². The highest BCUT2D eigenvalue weighted by molar-refractivity contribution is 7.80. The zero-order valence-corrected chi connectivity index (χ0v) is 18.2. The molecule has 10 heteroatoms. The molecule has 0 aromatic rings. The van der Waals surface area contributed by atoms with Crippen LogP contribution in [-0.4, -0.2) is 58.7 Å². The predicted molar refractivity (Wildman–Crippen MR) is 110 cm³/mol. The van der Waals surface area contributed by atoms with E-state index in [1.54, 1.807) is 41.5 Å². The van der Waals surface area contributed by atoms with Crippen molar-refractivity contribution in [1.82, 2.24) is 16.0 Å². The van der Waals surface area contributed by atoms with Gasteiger partial charge >= 0.3 is 5.97 Å². The van der Waals surface area contributed by atoms with E-state index in [1.165, 1.54) is 0 Å². The summed E-state index contributed by atoms with van der Waals surface area (Å²) in [6.45, 7) is 10.6. The van der Waals surface area contributed by atoms with E-state index in [4.69, 9.17) is 10.8 Å². The molecular weight excluding hydrogens is 384 g/mol. The minimum atomic E-state index is -1.22. The number of carbonyl (C=O) groups is 4. The monoisotopic (exact) mass is 418 g/mol. The number of carbonyl (C=O) groups excluding carboxylic acids is 3. The van der Waals surface area contributed by atoms with Gasteiger partial charge in [0, 0.05) is 5.75 Å². The number of amides is 3. The molecule has 0 aliphatic heterocycles. The Labute approximate surface area is 172 Å². The molecule has 28 heavy (non-hydrogen) atoms. The lowest BCUT2D eigenvalue weighted by Gasteiger charge is -2.28. The molecule has 0 aliphatic rings. The summed E-state index contributed by atoms with van der Waals surface area (Å²) in [5.74, 6) is -3.56. The molecule has 0 aromatic heterocycles. The van der Waals surface area contributed by atoms with Gasteiger partial charge < -0.3 is 26.8 Å². The molecule has 0 aromatic carbocycles. The summed E-state index contributed by atoms with van der Waals surface area (Å²) in [6.07, 6.45) is 0. The molecule has 0 aliphatic carbocycles. The number of nitrogens with two attached hydrogens (primary N) is 1. The first kappa shape index (κ1) is 26.2. The third-order valence-corrected chi connectivity index (χ3v) is 4.68. The Bertz CT molecular complexity index is 568. The Kier molecular flexibility index (Phi) is 11.1. The average molecular weight is 419 g/mol. The molecule has 0 unspecified atom stereocenters. The van der Waals surface area contributed by atoms with E-state index in [0.29, 0.717) is 0 Å². The molecule has 6 N–H and O–H groups in total. The number of hydrogen-bond acceptors (Lipinski definition) is 6. The Morgan fingerprint density at radius 1 is 0.786 bits per heavy atom. The van der Waals surface area contributed by atoms with E-state index in [-0.39, 0.29) is 23.5 Å². The van der Waals surface area contributed by atoms with E-state index in [0.717, 1.165) is 0 Å². The molecule has 162 valence electrons. The van der Waals surface area contributed by atoms with Crippen LogP contribution in [0.2, 0.25) is 0 Å². The number of thiol groups is 1. The first-order chi connectivity index (χ1) is 12.8. The Morgan fingerprint density at radius 2 is 1.18 bits per heavy atom. The summed E-state index contributed by atoms with van der Waals surface area (Å²) in [5.41, 5.74) is 5.83. The molecule has 0 radical (unpaired) electrons. The van der Waals surface area contributed by atoms with Gasteiger partial charge in [0.05, 0.1) is 6.04 Å². The Hall–Kier alpha value is -1.81. The van der Waals surface area contributed by atoms with Crippen LogP contribution < -0.4 is 21.7 Å². The number of carboxylic acid groups (broad SMARTS) is 1. The molecule has 3 amide bonds. The van der Waals surface area contributed by atoms with E-state index >= 15 is 0 Å². The molecule has 0 spiro atoms. The fourth-order valence-corrected chi connectivity index (χ4v) is 2.56. The minimum Gasteiger partial charge on any atom is -0.480 e. The van der Waals surface area contributed by atoms with Crippen molar-refractivity contribution in [2.75, 3.05) is 5.75 Å². The van der Waals surface area contributed by atoms with Gasteiger partial charge in [-0.05, 0) is 17.8 Å². The minimum absolute atomic E-state index is 0.0857. The normalized spacial score (nSPS) is 15.7. The van der Waals surface area contributed by atoms with E-state index in [9.17, 15) is 19.2 Å². The van der Waals surface area contributed by atoms with Crippen LogP contribution in [0, 0.1) is 17.8 Å². The SMILES string of the molecule is CC(C)[C@H](N)C(=O)N[C@H](C(=O)N[C@H](C(=O)N[C@@H](CS)C(=O)O)C(C)C)C(C)C. The number of nitrogens with one attached hydrogen (secondary N) is 3. The summed E-state index contributed by atoms with van der Waals surface area (Å²) in [6, 6.07) is -3.78. The van der Waals surface area contributed by atoms with Crippen molar-refractivity contribution in [2.24, 2.45) is 23.5 Å². The van der Waals surface area contributed by atoms with Crippen LogP contribution in [0.25, 0.3) is 0 Å². The lowest BCUT2D eigenvalue weighted by Crippen LogP contribution is -2.60. The fourth-order valence-electron chi connectivity index (χ4n) is 2.31. The van der Waals surface area contributed by atoms with Gasteiger partial charge in [-0.2, -0.15) is 12.6 Å². The summed E-state index contributed by atoms with van der Waals surface area (Å²) in [7, 11) is 0. The third kappa shape index (κ3) is 8.05. The topological polar surface area (TPSA) is 151 Å². The molecule has 0 saturated carbocycles. The van der Waals surface area contributed by atoms with Gasteiger partial charge in [-0.15, -0.1) is 0 Å². The zero-order chi connectivity index (χ0) is 22.2. The maximum Gasteiger partial charge on any atom is 0.327 e. The first-order valence-electron chi connectivity index (χ1n) is 9.33. The Morgan fingerprint density at radius 3 is 1.50 bits per heavy atom. The van der Waals surface area contributed by atoms with Crippen molar-refractivity contribution in [3.8, 4) is 0 Å². The second kappa shape index (κ2) is 11.9. The predicted octanol–water partition coefficient (Wildman–Crippen LogP) is -0.249. The highest BCUT2D eigenvalue weighted by Gasteiger charge is 2.33. The molecule has 0 saturated heterocycles. The molecule has 9 nitrogen and oxygen atoms in total. The second-order valence-corrected chi connectivity index (χ2v) is 8.18. The van der Waals surface area contributed by atoms with Crippen molar-refractivity contribution in [3.05, 3.63) is 0 Å². The molecule has 0 rings (SSSR count). The molecule has 0 heterocycles. The van der Waals surface area contributed by atoms with Crippen LogP contribution in [0.3, 0.4) is 0 Å². The van der Waals surface area contributed by atoms with Gasteiger partial charge in [-0.25, -0.2) is 4.79 Å². The van der Waals surface area contributed by atoms with E-state index in [1.807, 2.05) is 0 Å². The van der Waals surface area contributed by atoms with Gasteiger partial charge in [0.25, 0.3) is 0 Å². The van der Waals surface area contributed by atoms with Crippen LogP contribution >= 0.6 is 12.6 Å². The van der Waals surface area contributed by atoms with Crippen LogP contribution in [0.4, 0.5) is 0 Å². The maximum absolute atomic E-state index is 12.7. The maximum atomic E-state index is 12.7. The van der Waals surface area contributed by atoms with Crippen LogP contribution in [-0.2, 0) is 19.2 Å². The molecule has 0 bridgehead atoms. The zero-order valence-electron chi connectivity index (χ0n) is 17.4. The van der Waals surface area contributed by atoms with Gasteiger partial charge in [0.15, 0.2) is 0 Å². The largest absolute Gasteiger partial charge is 0.480 e. The number of hydrogen-bond donors (Lipinski definition) is 6. The van der Waals surface area contributed by atoms with Gasteiger partial charge in [0.1, 0.15) is 18.1 Å². The fraction of sp³-hybridized carbons (Fsp3) is 0.778. The third-order valence-electron chi connectivity index (χ3n) is 4.31. The molecular formula is C18H34N4O5S. The standard InChI is InChI=1S/C18H34N4O5S/c1-8(2)12(19)15(23)21-14(10(5)6)17(25)22-13(9(3)4)16(24)20-11(7-28)18(26)27/h8-14,28H,7,19H2,1-6H3,(H,20,24)(H,21,23)(H,22,25)(H,26,27)/t11-,12-,13-,14-/m0/s1. The van der Waals surface area contributed by atoms with E-state index < -0.39 is 47.9 Å². The molecule has 4 atom stereocenters. The number of rotatable bonds is 11. The van der Waals surface area contributed by atoms with Crippen LogP contribution in [0.1, 0.15) is 41.5 Å². The average Bonchev–Trinajstić information content (AvgIpc) is 2.59. The smallest absolute Gasteiger partial charge is 0.327 e. The molecule has 0 fully saturated rings. The van der Waals surface area contributed by atoms with E-state index in [2.05, 4.69) is 28.6 Å². The lowest BCUT2D eigenvalue weighted by atomic mass is 9.98. The van der Waals surface area contributed by atoms with Gasteiger partial charge in [-0.1, -0.05) is 41.5 Å². The van der Waals surface area contributed by atoms with Gasteiger partial charge in [-0.3, -0.25) is 14.4 Å². The highest BCUT2D eigenvalue weighted by Crippen LogP contribution is 2.08. The van der Waals surface area contributed by atoms with Crippen molar-refractivity contribution in [2.45, 2.75) is 65.7 Å². The lowest BCUT2D eigenvalue weighted by molar-refractivity contribution is -0.142. The quantitative estimate of drug-likeness (QED) is 0.255. The van der Waals surface area contributed by atoms with Crippen molar-refractivity contribution in [1.29, 1.82) is 0 Å². The summed E-state index contributed by atoms with van der Waals surface area (Å²) >= 11 is 3.91. The van der Waals surface area contributed by atoms with Crippen molar-refractivity contribution >= 4 is 36.3 Å².